The van der Waals surface area contributed by atoms with E-state index in [1.807, 2.05) is 23.9 Å². The van der Waals surface area contributed by atoms with E-state index in [2.05, 4.69) is 19.1 Å². The second-order valence-corrected chi connectivity index (χ2v) is 5.52. The maximum Gasteiger partial charge on any atom is 0.166 e. The minimum atomic E-state index is 0.266. The molecule has 1 aromatic carbocycles. The molecule has 0 bridgehead atoms. The van der Waals surface area contributed by atoms with Crippen LogP contribution in [-0.4, -0.2) is 17.3 Å². The lowest BCUT2D eigenvalue weighted by molar-refractivity contribution is 0.0933. The zero-order valence-corrected chi connectivity index (χ0v) is 10.6. The van der Waals surface area contributed by atoms with Crippen molar-refractivity contribution in [1.29, 1.82) is 0 Å². The Hall–Kier alpha value is -0.760. The summed E-state index contributed by atoms with van der Waals surface area (Å²) in [6.45, 7) is 2.18. The van der Waals surface area contributed by atoms with Crippen molar-refractivity contribution >= 4 is 17.5 Å². The van der Waals surface area contributed by atoms with Crippen LogP contribution in [0, 0.1) is 5.92 Å². The van der Waals surface area contributed by atoms with E-state index in [0.29, 0.717) is 5.78 Å². The first-order valence-corrected chi connectivity index (χ1v) is 7.17. The van der Waals surface area contributed by atoms with Gasteiger partial charge in [0, 0.05) is 17.2 Å². The van der Waals surface area contributed by atoms with E-state index in [0.717, 1.165) is 36.3 Å². The van der Waals surface area contributed by atoms with Gasteiger partial charge >= 0.3 is 0 Å². The van der Waals surface area contributed by atoms with Crippen LogP contribution in [0.25, 0.3) is 0 Å². The normalized spacial score (nSPS) is 19.9. The Kier molecular flexibility index (Phi) is 4.05. The Labute approximate surface area is 102 Å². The Morgan fingerprint density at radius 1 is 1.38 bits per heavy atom. The van der Waals surface area contributed by atoms with E-state index in [-0.39, 0.29) is 5.92 Å². The summed E-state index contributed by atoms with van der Waals surface area (Å²) >= 11 is 1.90. The molecule has 16 heavy (non-hydrogen) atoms. The highest BCUT2D eigenvalue weighted by molar-refractivity contribution is 7.99. The fourth-order valence-corrected chi connectivity index (χ4v) is 3.32. The highest BCUT2D eigenvalue weighted by atomic mass is 32.2. The first-order chi connectivity index (χ1) is 7.81. The molecule has 1 heterocycles. The largest absolute Gasteiger partial charge is 0.294 e. The Morgan fingerprint density at radius 2 is 2.12 bits per heavy atom. The third-order valence-corrected chi connectivity index (χ3v) is 4.24. The van der Waals surface area contributed by atoms with Crippen molar-refractivity contribution in [2.75, 3.05) is 11.5 Å². The van der Waals surface area contributed by atoms with Crippen molar-refractivity contribution in [2.45, 2.75) is 26.2 Å². The Balaban J connectivity index is 2.05. The fraction of sp³-hybridized carbons (Fsp3) is 0.500. The summed E-state index contributed by atoms with van der Waals surface area (Å²) in [5.41, 5.74) is 2.23. The summed E-state index contributed by atoms with van der Waals surface area (Å²) in [5.74, 6) is 2.76. The van der Waals surface area contributed by atoms with Crippen LogP contribution in [0.5, 0.6) is 0 Å². The lowest BCUT2D eigenvalue weighted by atomic mass is 9.96. The molecule has 1 aromatic rings. The van der Waals surface area contributed by atoms with Crippen LogP contribution in [0.4, 0.5) is 0 Å². The molecular weight excluding hydrogens is 216 g/mol. The van der Waals surface area contributed by atoms with Gasteiger partial charge in [-0.25, -0.2) is 0 Å². The van der Waals surface area contributed by atoms with Crippen LogP contribution in [-0.2, 0) is 6.42 Å². The molecule has 0 radical (unpaired) electrons. The van der Waals surface area contributed by atoms with Crippen molar-refractivity contribution in [3.05, 3.63) is 35.4 Å². The summed E-state index contributed by atoms with van der Waals surface area (Å²) in [5, 5.41) is 0. The van der Waals surface area contributed by atoms with Gasteiger partial charge in [-0.1, -0.05) is 37.6 Å². The number of benzene rings is 1. The summed E-state index contributed by atoms with van der Waals surface area (Å²) in [6.07, 6.45) is 3.32. The van der Waals surface area contributed by atoms with E-state index in [9.17, 15) is 4.79 Å². The van der Waals surface area contributed by atoms with E-state index in [4.69, 9.17) is 0 Å². The zero-order valence-electron chi connectivity index (χ0n) is 9.74. The van der Waals surface area contributed by atoms with Gasteiger partial charge in [-0.3, -0.25) is 4.79 Å². The quantitative estimate of drug-likeness (QED) is 0.741. The molecule has 1 aliphatic heterocycles. The lowest BCUT2D eigenvalue weighted by Crippen LogP contribution is -2.13. The van der Waals surface area contributed by atoms with Crippen LogP contribution in [0.15, 0.2) is 24.3 Å². The summed E-state index contributed by atoms with van der Waals surface area (Å²) in [4.78, 5) is 12.1. The minimum absolute atomic E-state index is 0.266. The maximum absolute atomic E-state index is 12.1. The minimum Gasteiger partial charge on any atom is -0.294 e. The highest BCUT2D eigenvalue weighted by Crippen LogP contribution is 2.26. The monoisotopic (exact) mass is 234 g/mol. The smallest absolute Gasteiger partial charge is 0.166 e. The first kappa shape index (κ1) is 11.7. The van der Waals surface area contributed by atoms with Crippen molar-refractivity contribution in [3.63, 3.8) is 0 Å². The van der Waals surface area contributed by atoms with Crippen LogP contribution >= 0.6 is 11.8 Å². The first-order valence-electron chi connectivity index (χ1n) is 6.02. The number of carbonyl (C=O) groups is 1. The van der Waals surface area contributed by atoms with Crippen molar-refractivity contribution in [1.82, 2.24) is 0 Å². The van der Waals surface area contributed by atoms with Gasteiger partial charge in [0.05, 0.1) is 0 Å². The predicted octanol–water partition coefficient (Wildman–Crippen LogP) is 3.57. The maximum atomic E-state index is 12.1. The third kappa shape index (κ3) is 2.67. The van der Waals surface area contributed by atoms with Gasteiger partial charge in [0.15, 0.2) is 5.78 Å². The fourth-order valence-electron chi connectivity index (χ4n) is 2.10. The van der Waals surface area contributed by atoms with Crippen LogP contribution < -0.4 is 0 Å². The topological polar surface area (TPSA) is 17.1 Å². The van der Waals surface area contributed by atoms with Gasteiger partial charge in [-0.2, -0.15) is 11.8 Å². The number of ketones is 1. The molecule has 0 aromatic heterocycles. The van der Waals surface area contributed by atoms with Gasteiger partial charge in [-0.15, -0.1) is 0 Å². The zero-order chi connectivity index (χ0) is 11.4. The number of thioether (sulfide) groups is 1. The van der Waals surface area contributed by atoms with Gasteiger partial charge in [0.2, 0.25) is 0 Å². The molecule has 0 spiro atoms. The molecule has 1 nitrogen and oxygen atoms in total. The van der Waals surface area contributed by atoms with Crippen molar-refractivity contribution < 1.29 is 4.79 Å². The molecule has 0 saturated carbocycles. The molecule has 1 unspecified atom stereocenters. The second-order valence-electron chi connectivity index (χ2n) is 4.37. The number of rotatable bonds is 4. The average Bonchev–Trinajstić information content (AvgIpc) is 2.83. The molecule has 1 saturated heterocycles. The van der Waals surface area contributed by atoms with E-state index in [1.54, 1.807) is 0 Å². The average molecular weight is 234 g/mol. The predicted molar refractivity (Wildman–Crippen MR) is 70.2 cm³/mol. The highest BCUT2D eigenvalue weighted by Gasteiger charge is 2.23. The molecule has 1 aliphatic rings. The molecule has 2 rings (SSSR count). The molecular formula is C14H18OS. The van der Waals surface area contributed by atoms with Gasteiger partial charge in [-0.05, 0) is 24.2 Å². The van der Waals surface area contributed by atoms with Gasteiger partial charge in [0.25, 0.3) is 0 Å². The van der Waals surface area contributed by atoms with Gasteiger partial charge < -0.3 is 0 Å². The Bertz CT molecular complexity index is 350. The third-order valence-electron chi connectivity index (χ3n) is 3.08. The van der Waals surface area contributed by atoms with Crippen LogP contribution in [0.2, 0.25) is 0 Å². The number of aryl methyl sites for hydroxylation is 1. The molecule has 0 aliphatic carbocycles. The van der Waals surface area contributed by atoms with Crippen LogP contribution in [0.3, 0.4) is 0 Å². The SMILES string of the molecule is CCCc1ccc(C(=O)C2CCSC2)cc1. The van der Waals surface area contributed by atoms with E-state index < -0.39 is 0 Å². The summed E-state index contributed by atoms with van der Waals surface area (Å²) in [6, 6.07) is 8.18. The molecule has 1 fully saturated rings. The van der Waals surface area contributed by atoms with Crippen molar-refractivity contribution in [2.24, 2.45) is 5.92 Å². The molecule has 0 N–H and O–H groups in total. The summed E-state index contributed by atoms with van der Waals surface area (Å²) < 4.78 is 0. The van der Waals surface area contributed by atoms with E-state index in [1.165, 1.54) is 5.56 Å². The van der Waals surface area contributed by atoms with Crippen LogP contribution in [0.1, 0.15) is 35.7 Å². The van der Waals surface area contributed by atoms with Gasteiger partial charge in [0.1, 0.15) is 0 Å². The number of hydrogen-bond donors (Lipinski definition) is 0. The Morgan fingerprint density at radius 3 is 2.69 bits per heavy atom. The van der Waals surface area contributed by atoms with E-state index >= 15 is 0 Å². The molecule has 2 heteroatoms. The number of hydrogen-bond acceptors (Lipinski definition) is 2. The molecule has 1 atom stereocenters. The second kappa shape index (κ2) is 5.53. The molecule has 0 amide bonds. The lowest BCUT2D eigenvalue weighted by Gasteiger charge is -2.07. The number of carbonyl (C=O) groups excluding carboxylic acids is 1. The molecule has 86 valence electrons. The standard InChI is InChI=1S/C14H18OS/c1-2-3-11-4-6-12(7-5-11)14(15)13-8-9-16-10-13/h4-7,13H,2-3,8-10H2,1H3. The number of Topliss-reactive ketones (excluding diaryl/α,β-unsaturated/α-hetero) is 1. The summed E-state index contributed by atoms with van der Waals surface area (Å²) in [7, 11) is 0. The van der Waals surface area contributed by atoms with Crippen molar-refractivity contribution in [3.8, 4) is 0 Å².